The second-order valence-electron chi connectivity index (χ2n) is 4.77. The molecule has 0 spiro atoms. The van der Waals surface area contributed by atoms with Crippen molar-refractivity contribution in [1.82, 2.24) is 15.6 Å². The molecule has 2 rings (SSSR count). The predicted octanol–water partition coefficient (Wildman–Crippen LogP) is 0.251. The van der Waals surface area contributed by atoms with Gasteiger partial charge in [0, 0.05) is 12.1 Å². The fraction of sp³-hybridized carbons (Fsp3) is 0.462. The van der Waals surface area contributed by atoms with E-state index in [9.17, 15) is 9.59 Å². The van der Waals surface area contributed by atoms with Crippen LogP contribution in [0.4, 0.5) is 0 Å². The molecule has 102 valence electrons. The number of aromatic nitrogens is 1. The molecule has 0 saturated carbocycles. The van der Waals surface area contributed by atoms with Crippen molar-refractivity contribution < 1.29 is 14.7 Å². The van der Waals surface area contributed by atoms with Crippen LogP contribution in [0, 0.1) is 11.8 Å². The number of nitrogens with zero attached hydrogens (tertiary/aromatic N) is 1. The van der Waals surface area contributed by atoms with Gasteiger partial charge in [0.2, 0.25) is 5.91 Å². The van der Waals surface area contributed by atoms with E-state index in [0.717, 1.165) is 13.1 Å². The minimum atomic E-state index is -0.996. The lowest BCUT2D eigenvalue weighted by atomic mass is 9.88. The Kier molecular flexibility index (Phi) is 4.11. The number of carboxylic acids is 1. The summed E-state index contributed by atoms with van der Waals surface area (Å²) in [6.45, 7) is 3.91. The second kappa shape index (κ2) is 5.79. The number of carboxylic acid groups (broad SMARTS) is 1. The minimum Gasteiger partial charge on any atom is -0.478 e. The molecule has 1 atom stereocenters. The van der Waals surface area contributed by atoms with Crippen molar-refractivity contribution in [3.8, 4) is 0 Å². The van der Waals surface area contributed by atoms with E-state index in [-0.39, 0.29) is 23.9 Å². The lowest BCUT2D eigenvalue weighted by molar-refractivity contribution is -0.126. The van der Waals surface area contributed by atoms with Gasteiger partial charge in [0.1, 0.15) is 0 Å². The monoisotopic (exact) mass is 263 g/mol. The van der Waals surface area contributed by atoms with Crippen molar-refractivity contribution in [1.29, 1.82) is 0 Å². The molecule has 1 amide bonds. The van der Waals surface area contributed by atoms with Gasteiger partial charge in [0.05, 0.1) is 17.8 Å². The summed E-state index contributed by atoms with van der Waals surface area (Å²) in [7, 11) is 0. The summed E-state index contributed by atoms with van der Waals surface area (Å²) in [6, 6.07) is 2.90. The number of rotatable bonds is 5. The maximum atomic E-state index is 11.9. The van der Waals surface area contributed by atoms with Gasteiger partial charge in [-0.05, 0) is 31.1 Å². The van der Waals surface area contributed by atoms with Gasteiger partial charge in [0.15, 0.2) is 0 Å². The van der Waals surface area contributed by atoms with Gasteiger partial charge in [0.25, 0.3) is 0 Å². The number of carbonyl (C=O) groups excluding carboxylic acids is 1. The van der Waals surface area contributed by atoms with E-state index in [4.69, 9.17) is 5.11 Å². The molecule has 1 aromatic heterocycles. The third-order valence-electron chi connectivity index (χ3n) is 3.44. The molecule has 1 unspecified atom stereocenters. The van der Waals surface area contributed by atoms with Crippen LogP contribution < -0.4 is 10.6 Å². The van der Waals surface area contributed by atoms with Gasteiger partial charge in [-0.2, -0.15) is 0 Å². The first-order valence-corrected chi connectivity index (χ1v) is 6.24. The van der Waals surface area contributed by atoms with E-state index in [0.29, 0.717) is 11.6 Å². The molecule has 6 heteroatoms. The van der Waals surface area contributed by atoms with Crippen LogP contribution in [-0.4, -0.2) is 35.1 Å². The highest BCUT2D eigenvalue weighted by Gasteiger charge is 2.28. The van der Waals surface area contributed by atoms with Crippen LogP contribution in [0.15, 0.2) is 18.3 Å². The predicted molar refractivity (Wildman–Crippen MR) is 68.6 cm³/mol. The molecule has 1 saturated heterocycles. The molecule has 0 aromatic carbocycles. The highest BCUT2D eigenvalue weighted by molar-refractivity contribution is 5.87. The third-order valence-corrected chi connectivity index (χ3v) is 3.44. The SMILES string of the molecule is CC(C(=O)NCc1cc(C(=O)O)ccn1)C1CNC1. The van der Waals surface area contributed by atoms with E-state index in [1.807, 2.05) is 6.92 Å². The van der Waals surface area contributed by atoms with Crippen molar-refractivity contribution in [3.63, 3.8) is 0 Å². The molecule has 0 aliphatic carbocycles. The van der Waals surface area contributed by atoms with Crippen molar-refractivity contribution in [2.24, 2.45) is 11.8 Å². The average Bonchev–Trinajstić information content (AvgIpc) is 2.34. The smallest absolute Gasteiger partial charge is 0.335 e. The van der Waals surface area contributed by atoms with Gasteiger partial charge in [-0.25, -0.2) is 4.79 Å². The van der Waals surface area contributed by atoms with Gasteiger partial charge in [-0.1, -0.05) is 6.92 Å². The van der Waals surface area contributed by atoms with Crippen LogP contribution in [-0.2, 0) is 11.3 Å². The maximum absolute atomic E-state index is 11.9. The normalized spacial score (nSPS) is 16.5. The largest absolute Gasteiger partial charge is 0.478 e. The lowest BCUT2D eigenvalue weighted by Gasteiger charge is -2.31. The molecule has 3 N–H and O–H groups in total. The summed E-state index contributed by atoms with van der Waals surface area (Å²) in [5.74, 6) is -0.667. The number of hydrogen-bond donors (Lipinski definition) is 3. The zero-order valence-corrected chi connectivity index (χ0v) is 10.7. The van der Waals surface area contributed by atoms with Crippen LogP contribution in [0.2, 0.25) is 0 Å². The fourth-order valence-electron chi connectivity index (χ4n) is 1.93. The Bertz CT molecular complexity index is 486. The second-order valence-corrected chi connectivity index (χ2v) is 4.77. The molecule has 2 heterocycles. The van der Waals surface area contributed by atoms with E-state index in [1.165, 1.54) is 18.3 Å². The van der Waals surface area contributed by atoms with Crippen molar-refractivity contribution >= 4 is 11.9 Å². The highest BCUT2D eigenvalue weighted by atomic mass is 16.4. The summed E-state index contributed by atoms with van der Waals surface area (Å²) < 4.78 is 0. The Morgan fingerprint density at radius 1 is 1.58 bits per heavy atom. The first-order valence-electron chi connectivity index (χ1n) is 6.24. The topological polar surface area (TPSA) is 91.3 Å². The average molecular weight is 263 g/mol. The van der Waals surface area contributed by atoms with Gasteiger partial charge in [-0.15, -0.1) is 0 Å². The summed E-state index contributed by atoms with van der Waals surface area (Å²) in [5, 5.41) is 14.8. The molecule has 0 radical (unpaired) electrons. The Labute approximate surface area is 111 Å². The summed E-state index contributed by atoms with van der Waals surface area (Å²) in [6.07, 6.45) is 1.43. The summed E-state index contributed by atoms with van der Waals surface area (Å²) in [5.41, 5.74) is 0.725. The van der Waals surface area contributed by atoms with Crippen LogP contribution in [0.3, 0.4) is 0 Å². The van der Waals surface area contributed by atoms with Crippen molar-refractivity contribution in [3.05, 3.63) is 29.6 Å². The van der Waals surface area contributed by atoms with E-state index >= 15 is 0 Å². The van der Waals surface area contributed by atoms with Gasteiger partial charge >= 0.3 is 5.97 Å². The van der Waals surface area contributed by atoms with Gasteiger partial charge in [-0.3, -0.25) is 9.78 Å². The summed E-state index contributed by atoms with van der Waals surface area (Å²) >= 11 is 0. The molecular formula is C13H17N3O3. The Morgan fingerprint density at radius 3 is 2.89 bits per heavy atom. The fourth-order valence-corrected chi connectivity index (χ4v) is 1.93. The van der Waals surface area contributed by atoms with Crippen molar-refractivity contribution in [2.75, 3.05) is 13.1 Å². The summed E-state index contributed by atoms with van der Waals surface area (Å²) in [4.78, 5) is 26.7. The minimum absolute atomic E-state index is 0.0194. The lowest BCUT2D eigenvalue weighted by Crippen LogP contribution is -2.49. The number of nitrogens with one attached hydrogen (secondary N) is 2. The molecule has 0 bridgehead atoms. The standard InChI is InChI=1S/C13H17N3O3/c1-8(10-5-14-6-10)12(17)16-7-11-4-9(13(18)19)2-3-15-11/h2-4,8,10,14H,5-7H2,1H3,(H,16,17)(H,18,19). The van der Waals surface area contributed by atoms with Crippen LogP contribution in [0.25, 0.3) is 0 Å². The van der Waals surface area contributed by atoms with Gasteiger partial charge < -0.3 is 15.7 Å². The zero-order chi connectivity index (χ0) is 13.8. The van der Waals surface area contributed by atoms with E-state index < -0.39 is 5.97 Å². The van der Waals surface area contributed by atoms with E-state index in [1.54, 1.807) is 0 Å². The van der Waals surface area contributed by atoms with Crippen molar-refractivity contribution in [2.45, 2.75) is 13.5 Å². The molecule has 1 fully saturated rings. The Balaban J connectivity index is 1.89. The molecule has 1 aromatic rings. The highest BCUT2D eigenvalue weighted by Crippen LogP contribution is 2.15. The number of hydrogen-bond acceptors (Lipinski definition) is 4. The number of pyridine rings is 1. The first kappa shape index (κ1) is 13.5. The molecular weight excluding hydrogens is 246 g/mol. The van der Waals surface area contributed by atoms with Crippen LogP contribution in [0.1, 0.15) is 23.0 Å². The molecule has 19 heavy (non-hydrogen) atoms. The quantitative estimate of drug-likeness (QED) is 0.708. The third kappa shape index (κ3) is 3.29. The number of amides is 1. The number of aromatic carboxylic acids is 1. The zero-order valence-electron chi connectivity index (χ0n) is 10.7. The van der Waals surface area contributed by atoms with Crippen LogP contribution in [0.5, 0.6) is 0 Å². The first-order chi connectivity index (χ1) is 9.08. The maximum Gasteiger partial charge on any atom is 0.335 e. The van der Waals surface area contributed by atoms with Crippen LogP contribution >= 0.6 is 0 Å². The Morgan fingerprint density at radius 2 is 2.32 bits per heavy atom. The molecule has 1 aliphatic heterocycles. The van der Waals surface area contributed by atoms with E-state index in [2.05, 4.69) is 15.6 Å². The number of carbonyl (C=O) groups is 2. The molecule has 1 aliphatic rings. The molecule has 6 nitrogen and oxygen atoms in total. The Hall–Kier alpha value is -1.95.